The smallest absolute Gasteiger partial charge is 0.416 e. The highest BCUT2D eigenvalue weighted by molar-refractivity contribution is 6.35. The summed E-state index contributed by atoms with van der Waals surface area (Å²) < 4.78 is 44.4. The quantitative estimate of drug-likeness (QED) is 0.293. The second-order valence-electron chi connectivity index (χ2n) is 8.09. The van der Waals surface area contributed by atoms with Gasteiger partial charge in [0, 0.05) is 47.4 Å². The van der Waals surface area contributed by atoms with Crippen molar-refractivity contribution >= 4 is 23.2 Å². The molecular formula is C25H18Cl2F3N3O. The minimum Gasteiger partial charge on any atom is -0.460 e. The Hall–Kier alpha value is -2.87. The van der Waals surface area contributed by atoms with Gasteiger partial charge in [-0.3, -0.25) is 4.90 Å². The van der Waals surface area contributed by atoms with Crippen LogP contribution in [0.1, 0.15) is 22.6 Å². The second-order valence-corrected chi connectivity index (χ2v) is 8.94. The van der Waals surface area contributed by atoms with Gasteiger partial charge in [-0.2, -0.15) is 13.2 Å². The molecule has 0 radical (unpaired) electrons. The Kier molecular flexibility index (Phi) is 6.10. The molecule has 0 N–H and O–H groups in total. The lowest BCUT2D eigenvalue weighted by molar-refractivity contribution is -0.137. The van der Waals surface area contributed by atoms with Gasteiger partial charge in [0.2, 0.25) is 0 Å². The molecule has 0 unspecified atom stereocenters. The van der Waals surface area contributed by atoms with Crippen LogP contribution in [0.2, 0.25) is 10.0 Å². The highest BCUT2D eigenvalue weighted by Gasteiger charge is 2.30. The standard InChI is InChI=1S/C25H18Cl2F3N3O/c26-18-5-7-21(27)20(11-18)23-8-6-19(34-23)14-33-10-9-22-16(13-33)12-31-24(32-22)15-1-3-17(4-2-15)25(28,29)30/h1-8,11-12H,9-10,13-14H2. The number of hydrogen-bond donors (Lipinski definition) is 0. The van der Waals surface area contributed by atoms with Crippen LogP contribution in [0.5, 0.6) is 0 Å². The average molecular weight is 504 g/mol. The first-order valence-electron chi connectivity index (χ1n) is 10.6. The zero-order valence-corrected chi connectivity index (χ0v) is 19.3. The van der Waals surface area contributed by atoms with Crippen LogP contribution in [-0.4, -0.2) is 21.4 Å². The fourth-order valence-electron chi connectivity index (χ4n) is 3.97. The summed E-state index contributed by atoms with van der Waals surface area (Å²) in [5.74, 6) is 1.89. The lowest BCUT2D eigenvalue weighted by atomic mass is 10.1. The van der Waals surface area contributed by atoms with Crippen LogP contribution in [0.25, 0.3) is 22.7 Å². The van der Waals surface area contributed by atoms with E-state index in [1.54, 1.807) is 24.4 Å². The van der Waals surface area contributed by atoms with Crippen LogP contribution in [-0.2, 0) is 25.7 Å². The predicted molar refractivity (Wildman–Crippen MR) is 124 cm³/mol. The fourth-order valence-corrected chi connectivity index (χ4v) is 4.35. The molecule has 9 heteroatoms. The molecule has 5 rings (SSSR count). The normalized spacial score (nSPS) is 14.3. The molecular weight excluding hydrogens is 486 g/mol. The van der Waals surface area contributed by atoms with Crippen LogP contribution in [0.15, 0.2) is 65.2 Å². The third kappa shape index (κ3) is 4.82. The van der Waals surface area contributed by atoms with Gasteiger partial charge in [-0.05, 0) is 42.5 Å². The minimum atomic E-state index is -4.37. The topological polar surface area (TPSA) is 42.2 Å². The average Bonchev–Trinajstić information content (AvgIpc) is 3.28. The summed E-state index contributed by atoms with van der Waals surface area (Å²) in [5.41, 5.74) is 2.51. The monoisotopic (exact) mass is 503 g/mol. The summed E-state index contributed by atoms with van der Waals surface area (Å²) in [7, 11) is 0. The summed E-state index contributed by atoms with van der Waals surface area (Å²) in [6.45, 7) is 2.03. The van der Waals surface area contributed by atoms with Crippen molar-refractivity contribution in [3.63, 3.8) is 0 Å². The van der Waals surface area contributed by atoms with E-state index in [1.807, 2.05) is 12.1 Å². The van der Waals surface area contributed by atoms with Crippen molar-refractivity contribution in [3.8, 4) is 22.7 Å². The molecule has 0 aliphatic carbocycles. The third-order valence-corrected chi connectivity index (χ3v) is 6.28. The van der Waals surface area contributed by atoms with Gasteiger partial charge < -0.3 is 4.42 Å². The maximum absolute atomic E-state index is 12.8. The zero-order chi connectivity index (χ0) is 23.9. The van der Waals surface area contributed by atoms with Gasteiger partial charge in [-0.1, -0.05) is 35.3 Å². The molecule has 4 aromatic rings. The fraction of sp³-hybridized carbons (Fsp3) is 0.200. The van der Waals surface area contributed by atoms with E-state index in [0.717, 1.165) is 41.3 Å². The maximum atomic E-state index is 12.8. The molecule has 0 spiro atoms. The van der Waals surface area contributed by atoms with Crippen molar-refractivity contribution in [3.05, 3.63) is 93.4 Å². The highest BCUT2D eigenvalue weighted by Crippen LogP contribution is 2.33. The molecule has 1 aliphatic heterocycles. The second kappa shape index (κ2) is 9.06. The van der Waals surface area contributed by atoms with Crippen LogP contribution >= 0.6 is 23.2 Å². The molecule has 1 aliphatic rings. The number of fused-ring (bicyclic) bond motifs is 1. The van der Waals surface area contributed by atoms with Gasteiger partial charge in [0.25, 0.3) is 0 Å². The Labute approximate surface area is 204 Å². The first-order valence-corrected chi connectivity index (χ1v) is 11.3. The van der Waals surface area contributed by atoms with Gasteiger partial charge >= 0.3 is 6.18 Å². The van der Waals surface area contributed by atoms with E-state index in [4.69, 9.17) is 27.6 Å². The Morgan fingerprint density at radius 2 is 1.79 bits per heavy atom. The molecule has 0 fully saturated rings. The Bertz CT molecular complexity index is 1340. The maximum Gasteiger partial charge on any atom is 0.416 e. The number of benzene rings is 2. The Morgan fingerprint density at radius 3 is 2.56 bits per heavy atom. The molecule has 0 atom stereocenters. The summed E-state index contributed by atoms with van der Waals surface area (Å²) in [4.78, 5) is 11.2. The largest absolute Gasteiger partial charge is 0.460 e. The summed E-state index contributed by atoms with van der Waals surface area (Å²) in [5, 5.41) is 1.15. The summed E-state index contributed by atoms with van der Waals surface area (Å²) in [6, 6.07) is 13.9. The van der Waals surface area contributed by atoms with E-state index in [9.17, 15) is 13.2 Å². The van der Waals surface area contributed by atoms with Crippen molar-refractivity contribution in [1.29, 1.82) is 0 Å². The molecule has 3 heterocycles. The van der Waals surface area contributed by atoms with Gasteiger partial charge in [0.05, 0.1) is 22.8 Å². The van der Waals surface area contributed by atoms with Gasteiger partial charge in [0.1, 0.15) is 11.5 Å². The Balaban J connectivity index is 1.28. The van der Waals surface area contributed by atoms with Crippen molar-refractivity contribution in [2.24, 2.45) is 0 Å². The zero-order valence-electron chi connectivity index (χ0n) is 17.7. The van der Waals surface area contributed by atoms with Crippen molar-refractivity contribution in [2.75, 3.05) is 6.54 Å². The number of aromatic nitrogens is 2. The molecule has 0 amide bonds. The predicted octanol–water partition coefficient (Wildman–Crippen LogP) is 7.29. The SMILES string of the molecule is FC(F)(F)c1ccc(-c2ncc3c(n2)CCN(Cc2ccc(-c4cc(Cl)ccc4Cl)o2)C3)cc1. The van der Waals surface area contributed by atoms with Gasteiger partial charge in [-0.15, -0.1) is 0 Å². The minimum absolute atomic E-state index is 0.426. The van der Waals surface area contributed by atoms with Gasteiger partial charge in [-0.25, -0.2) is 9.97 Å². The molecule has 34 heavy (non-hydrogen) atoms. The van der Waals surface area contributed by atoms with E-state index in [-0.39, 0.29) is 0 Å². The summed E-state index contributed by atoms with van der Waals surface area (Å²) >= 11 is 12.4. The molecule has 0 bridgehead atoms. The van der Waals surface area contributed by atoms with Crippen molar-refractivity contribution < 1.29 is 17.6 Å². The molecule has 4 nitrogen and oxygen atoms in total. The molecule has 174 valence electrons. The van der Waals surface area contributed by atoms with Crippen molar-refractivity contribution in [1.82, 2.24) is 14.9 Å². The molecule has 0 saturated carbocycles. The number of nitrogens with zero attached hydrogens (tertiary/aromatic N) is 3. The van der Waals surface area contributed by atoms with Crippen LogP contribution in [0, 0.1) is 0 Å². The molecule has 2 aromatic heterocycles. The number of halogens is 5. The third-order valence-electron chi connectivity index (χ3n) is 5.72. The lowest BCUT2D eigenvalue weighted by Crippen LogP contribution is -2.30. The van der Waals surface area contributed by atoms with E-state index >= 15 is 0 Å². The molecule has 2 aromatic carbocycles. The summed E-state index contributed by atoms with van der Waals surface area (Å²) in [6.07, 6.45) is -1.91. The highest BCUT2D eigenvalue weighted by atomic mass is 35.5. The number of hydrogen-bond acceptors (Lipinski definition) is 4. The first-order chi connectivity index (χ1) is 16.3. The van der Waals surface area contributed by atoms with Crippen LogP contribution < -0.4 is 0 Å². The van der Waals surface area contributed by atoms with E-state index in [1.165, 1.54) is 12.1 Å². The first kappa shape index (κ1) is 22.9. The van der Waals surface area contributed by atoms with Gasteiger partial charge in [0.15, 0.2) is 5.82 Å². The number of alkyl halides is 3. The number of furan rings is 1. The van der Waals surface area contributed by atoms with Crippen molar-refractivity contribution in [2.45, 2.75) is 25.7 Å². The van der Waals surface area contributed by atoms with Crippen LogP contribution in [0.4, 0.5) is 13.2 Å². The van der Waals surface area contributed by atoms with E-state index in [2.05, 4.69) is 14.9 Å². The van der Waals surface area contributed by atoms with E-state index < -0.39 is 11.7 Å². The Morgan fingerprint density at radius 1 is 1.00 bits per heavy atom. The number of rotatable bonds is 4. The lowest BCUT2D eigenvalue weighted by Gasteiger charge is -2.27. The van der Waals surface area contributed by atoms with Crippen LogP contribution in [0.3, 0.4) is 0 Å². The van der Waals surface area contributed by atoms with E-state index in [0.29, 0.717) is 46.7 Å². The molecule has 0 saturated heterocycles.